The van der Waals surface area contributed by atoms with Crippen LogP contribution in [0.2, 0.25) is 0 Å². The molecule has 2 aromatic rings. The third kappa shape index (κ3) is 10.7. The van der Waals surface area contributed by atoms with Crippen molar-refractivity contribution in [2.45, 2.75) is 149 Å². The number of carbonyl (C=O) groups is 6. The van der Waals surface area contributed by atoms with Gasteiger partial charge >= 0.3 is 5.97 Å². The summed E-state index contributed by atoms with van der Waals surface area (Å²) in [6.07, 6.45) is 6.80. The fraction of sp³-hybridized carbons (Fsp3) is 0.667. The molecule has 2 saturated heterocycles. The number of ether oxygens (including phenoxy) is 3. The van der Waals surface area contributed by atoms with Gasteiger partial charge in [0.15, 0.2) is 11.6 Å². The van der Waals surface area contributed by atoms with Crippen molar-refractivity contribution >= 4 is 57.6 Å². The number of esters is 1. The molecular weight excluding hydrogens is 879 g/mol. The van der Waals surface area contributed by atoms with Crippen LogP contribution in [0.1, 0.15) is 130 Å². The number of hydrogen-bond donors (Lipinski definition) is 2. The number of likely N-dealkylation sites (tertiary alicyclic amines) is 1. The minimum Gasteiger partial charge on any atom is -0.459 e. The summed E-state index contributed by atoms with van der Waals surface area (Å²) in [7, 11) is 0. The summed E-state index contributed by atoms with van der Waals surface area (Å²) in [5, 5.41) is 13.6. The molecule has 1 aromatic carbocycles. The van der Waals surface area contributed by atoms with E-state index in [0.29, 0.717) is 31.6 Å². The Kier molecular flexibility index (Phi) is 15.2. The number of aryl methyl sites for hydroxylation is 1. The quantitative estimate of drug-likeness (QED) is 0.124. The van der Waals surface area contributed by atoms with Crippen LogP contribution in [-0.2, 0) is 43.0 Å². The second kappa shape index (κ2) is 20.1. The molecule has 0 radical (unpaired) electrons. The van der Waals surface area contributed by atoms with E-state index in [1.54, 1.807) is 11.3 Å². The molecule has 0 spiro atoms. The molecule has 1 aromatic heterocycles. The molecule has 3 heterocycles. The molecule has 5 aliphatic rings. The number of amides is 2. The van der Waals surface area contributed by atoms with Gasteiger partial charge in [-0.2, -0.15) is 0 Å². The second-order valence-electron chi connectivity index (χ2n) is 21.3. The number of thiazole rings is 1. The molecule has 4 unspecified atom stereocenters. The molecule has 360 valence electrons. The fourth-order valence-electron chi connectivity index (χ4n) is 11.5. The van der Waals surface area contributed by atoms with Crippen molar-refractivity contribution in [3.05, 3.63) is 52.7 Å². The van der Waals surface area contributed by atoms with Gasteiger partial charge in [-0.25, -0.2) is 4.98 Å². The summed E-state index contributed by atoms with van der Waals surface area (Å²) in [5.74, 6) is -1.25. The zero-order chi connectivity index (χ0) is 47.8. The number of benzene rings is 1. The lowest BCUT2D eigenvalue weighted by Gasteiger charge is -2.59. The lowest BCUT2D eigenvalue weighted by atomic mass is 9.48. The van der Waals surface area contributed by atoms with Gasteiger partial charge in [0.05, 0.1) is 41.4 Å². The van der Waals surface area contributed by atoms with Crippen LogP contribution in [0.5, 0.6) is 0 Å². The first kappa shape index (κ1) is 50.1. The zero-order valence-corrected chi connectivity index (χ0v) is 41.6. The van der Waals surface area contributed by atoms with Crippen molar-refractivity contribution in [2.75, 3.05) is 33.0 Å². The predicted octanol–water partition coefficient (Wildman–Crippen LogP) is 7.76. The topological polar surface area (TPSA) is 178 Å². The maximum Gasteiger partial charge on any atom is 0.306 e. The number of nitrogens with one attached hydrogen (secondary N) is 1. The smallest absolute Gasteiger partial charge is 0.306 e. The number of Topliss-reactive ketones (excluding diaryl/α,β-unsaturated/α-hetero) is 1. The van der Waals surface area contributed by atoms with Gasteiger partial charge in [-0.05, 0) is 99.2 Å². The van der Waals surface area contributed by atoms with E-state index in [2.05, 4.69) is 31.1 Å². The SMILES string of the molecule is Cc1ncsc1-c1ccc([C@H](C)NC(=O)[C@@H]2C[C@@H](O)CN2C(=O)[C@@H](CC(=O)COCCOCC(=O)S[C@@H]2CC3=CC(=O)CCC3(C)C3CCC(C)([C@@]4(C)CCC(=O)O4)CC32)C(C)(C)C)cc1. The van der Waals surface area contributed by atoms with Crippen molar-refractivity contribution in [1.29, 1.82) is 0 Å². The molecule has 2 amide bonds. The number of β-amino-alcohol motifs (C(OH)–C–C–N with tert-alkyl or cyclic N) is 1. The number of carbonyl (C=O) groups excluding carboxylic acids is 6. The van der Waals surface area contributed by atoms with Crippen LogP contribution in [0.15, 0.2) is 41.4 Å². The van der Waals surface area contributed by atoms with Crippen LogP contribution in [0.25, 0.3) is 10.4 Å². The summed E-state index contributed by atoms with van der Waals surface area (Å²) >= 11 is 2.87. The number of aliphatic hydroxyl groups is 1. The van der Waals surface area contributed by atoms with Gasteiger partial charge in [-0.15, -0.1) is 11.3 Å². The maximum absolute atomic E-state index is 14.2. The largest absolute Gasteiger partial charge is 0.459 e. The van der Waals surface area contributed by atoms with Crippen LogP contribution >= 0.6 is 23.1 Å². The van der Waals surface area contributed by atoms with E-state index in [0.717, 1.165) is 53.0 Å². The summed E-state index contributed by atoms with van der Waals surface area (Å²) in [6, 6.07) is 6.69. The molecule has 0 bridgehead atoms. The van der Waals surface area contributed by atoms with Crippen molar-refractivity contribution in [3.8, 4) is 10.4 Å². The van der Waals surface area contributed by atoms with E-state index in [-0.39, 0.29) is 108 Å². The van der Waals surface area contributed by atoms with Gasteiger partial charge in [0, 0.05) is 48.8 Å². The van der Waals surface area contributed by atoms with Crippen molar-refractivity contribution in [3.63, 3.8) is 0 Å². The molecule has 66 heavy (non-hydrogen) atoms. The normalized spacial score (nSPS) is 30.8. The number of thioether (sulfide) groups is 1. The average molecular weight is 948 g/mol. The lowest BCUT2D eigenvalue weighted by molar-refractivity contribution is -0.165. The van der Waals surface area contributed by atoms with Gasteiger partial charge in [-0.3, -0.25) is 28.8 Å². The predicted molar refractivity (Wildman–Crippen MR) is 253 cm³/mol. The third-order valence-corrected chi connectivity index (χ3v) is 18.0. The van der Waals surface area contributed by atoms with E-state index < -0.39 is 29.1 Å². The minimum absolute atomic E-state index is 0.00530. The molecule has 2 N–H and O–H groups in total. The van der Waals surface area contributed by atoms with Crippen molar-refractivity contribution < 1.29 is 48.1 Å². The molecule has 13 nitrogen and oxygen atoms in total. The summed E-state index contributed by atoms with van der Waals surface area (Å²) in [4.78, 5) is 86.5. The molecular formula is C51H69N3O10S2. The van der Waals surface area contributed by atoms with Crippen molar-refractivity contribution in [2.24, 2.45) is 34.0 Å². The number of aliphatic hydroxyl groups excluding tert-OH is 1. The number of allylic oxidation sites excluding steroid dienone is 2. The molecule has 2 aliphatic heterocycles. The minimum atomic E-state index is -0.888. The highest BCUT2D eigenvalue weighted by Crippen LogP contribution is 2.64. The second-order valence-corrected chi connectivity index (χ2v) is 23.5. The molecule has 7 rings (SSSR count). The van der Waals surface area contributed by atoms with Crippen LogP contribution in [0.3, 0.4) is 0 Å². The van der Waals surface area contributed by atoms with E-state index in [4.69, 9.17) is 14.2 Å². The lowest BCUT2D eigenvalue weighted by Crippen LogP contribution is -2.55. The first-order chi connectivity index (χ1) is 31.1. The molecule has 4 fully saturated rings. The van der Waals surface area contributed by atoms with E-state index >= 15 is 0 Å². The van der Waals surface area contributed by atoms with E-state index in [1.165, 1.54) is 16.7 Å². The van der Waals surface area contributed by atoms with Crippen LogP contribution in [0.4, 0.5) is 0 Å². The molecule has 10 atom stereocenters. The highest BCUT2D eigenvalue weighted by atomic mass is 32.2. The Morgan fingerprint density at radius 3 is 2.39 bits per heavy atom. The number of fused-ring (bicyclic) bond motifs is 3. The Hall–Kier alpha value is -3.76. The maximum atomic E-state index is 14.2. The van der Waals surface area contributed by atoms with E-state index in [1.807, 2.05) is 70.5 Å². The Morgan fingerprint density at radius 1 is 1.03 bits per heavy atom. The number of ketones is 2. The Bertz CT molecular complexity index is 2200. The average Bonchev–Trinajstić information content (AvgIpc) is 3.98. The van der Waals surface area contributed by atoms with Crippen LogP contribution < -0.4 is 5.32 Å². The number of aromatic nitrogens is 1. The van der Waals surface area contributed by atoms with Gasteiger partial charge < -0.3 is 29.5 Å². The summed E-state index contributed by atoms with van der Waals surface area (Å²) < 4.78 is 17.4. The highest BCUT2D eigenvalue weighted by molar-refractivity contribution is 8.14. The van der Waals surface area contributed by atoms with Crippen LogP contribution in [-0.4, -0.2) is 105 Å². The standard InChI is InChI=1S/C51H69N3O10S2/c1-30(32-9-11-33(12-10-32)45-31(2)52-29-65-45)53-46(60)41-24-36(56)26-54(41)47(61)40(48(3,4)5)23-37(57)27-62-19-20-63-28-44(59)66-42-22-34-21-35(55)13-17-50(34,7)39-14-16-49(6,25-38(39)42)51(8)18-15-43(58)64-51/h9-12,21,29-30,36,38-42,56H,13-20,22-28H2,1-8H3,(H,53,60)/t30-,36+,38?,39?,40+,41-,42+,49?,50?,51+/m0/s1. The van der Waals surface area contributed by atoms with Gasteiger partial charge in [0.2, 0.25) is 16.9 Å². The fourth-order valence-corrected chi connectivity index (χ4v) is 13.6. The molecule has 3 aliphatic carbocycles. The first-order valence-corrected chi connectivity index (χ1v) is 25.5. The van der Waals surface area contributed by atoms with Gasteiger partial charge in [0.25, 0.3) is 0 Å². The number of rotatable bonds is 16. The highest BCUT2D eigenvalue weighted by Gasteiger charge is 2.60. The number of cyclic esters (lactones) is 1. The Labute approximate surface area is 397 Å². The first-order valence-electron chi connectivity index (χ1n) is 23.7. The Morgan fingerprint density at radius 2 is 1.74 bits per heavy atom. The number of nitrogens with zero attached hydrogens (tertiary/aromatic N) is 2. The molecule has 2 saturated carbocycles. The van der Waals surface area contributed by atoms with Gasteiger partial charge in [0.1, 0.15) is 24.9 Å². The third-order valence-electron chi connectivity index (χ3n) is 15.9. The zero-order valence-electron chi connectivity index (χ0n) is 39.9. The van der Waals surface area contributed by atoms with E-state index in [9.17, 15) is 33.9 Å². The van der Waals surface area contributed by atoms with Gasteiger partial charge in [-0.1, -0.05) is 76.2 Å². The molecule has 15 heteroatoms. The van der Waals surface area contributed by atoms with Crippen LogP contribution in [0, 0.1) is 40.9 Å². The monoisotopic (exact) mass is 947 g/mol. The summed E-state index contributed by atoms with van der Waals surface area (Å²) in [5.41, 5.74) is 4.37. The Balaban J connectivity index is 0.881. The number of hydrogen-bond acceptors (Lipinski definition) is 13. The van der Waals surface area contributed by atoms with Crippen molar-refractivity contribution in [1.82, 2.24) is 15.2 Å². The summed E-state index contributed by atoms with van der Waals surface area (Å²) in [6.45, 7) is 15.9.